The zero-order valence-electron chi connectivity index (χ0n) is 15.0. The first kappa shape index (κ1) is 16.7. The Balaban J connectivity index is 1.60. The molecule has 132 valence electrons. The van der Waals surface area contributed by atoms with Gasteiger partial charge < -0.3 is 10.2 Å². The number of fused-ring (bicyclic) bond motifs is 3. The third kappa shape index (κ3) is 3.11. The first-order chi connectivity index (χ1) is 12.2. The van der Waals surface area contributed by atoms with Gasteiger partial charge >= 0.3 is 0 Å². The summed E-state index contributed by atoms with van der Waals surface area (Å²) in [5, 5.41) is 14.1. The minimum atomic E-state index is 0.352. The van der Waals surface area contributed by atoms with Crippen LogP contribution in [-0.2, 0) is 6.42 Å². The lowest BCUT2D eigenvalue weighted by molar-refractivity contribution is 0.221. The molecule has 5 nitrogen and oxygen atoms in total. The largest absolute Gasteiger partial charge is 0.367 e. The van der Waals surface area contributed by atoms with Gasteiger partial charge in [0.15, 0.2) is 0 Å². The van der Waals surface area contributed by atoms with E-state index in [2.05, 4.69) is 40.3 Å². The molecule has 2 aliphatic carbocycles. The van der Waals surface area contributed by atoms with Crippen LogP contribution >= 0.6 is 11.3 Å². The van der Waals surface area contributed by atoms with E-state index in [0.717, 1.165) is 23.5 Å². The van der Waals surface area contributed by atoms with Gasteiger partial charge in [-0.15, -0.1) is 11.3 Å². The summed E-state index contributed by atoms with van der Waals surface area (Å²) in [6.07, 6.45) is 9.28. The van der Waals surface area contributed by atoms with E-state index in [1.807, 2.05) is 0 Å². The van der Waals surface area contributed by atoms with Crippen LogP contribution in [0.15, 0.2) is 6.33 Å². The van der Waals surface area contributed by atoms with Gasteiger partial charge in [-0.3, -0.25) is 0 Å². The molecule has 0 amide bonds. The van der Waals surface area contributed by atoms with Crippen LogP contribution < -0.4 is 5.32 Å². The van der Waals surface area contributed by atoms with Gasteiger partial charge in [-0.2, -0.15) is 5.26 Å². The van der Waals surface area contributed by atoms with E-state index in [9.17, 15) is 0 Å². The average Bonchev–Trinajstić information content (AvgIpc) is 3.16. The SMILES string of the molecule is CN(C)[C@H]1CC[C@H](Nc2ncnc3sc4c(c23)C(CC#N)CC4)CC1. The van der Waals surface area contributed by atoms with Crippen molar-refractivity contribution in [2.45, 2.75) is 62.9 Å². The van der Waals surface area contributed by atoms with Crippen LogP contribution in [0.25, 0.3) is 10.2 Å². The molecule has 1 fully saturated rings. The van der Waals surface area contributed by atoms with Crippen molar-refractivity contribution < 1.29 is 0 Å². The van der Waals surface area contributed by atoms with Crippen LogP contribution in [-0.4, -0.2) is 41.0 Å². The number of nitriles is 1. The molecule has 0 bridgehead atoms. The number of aromatic nitrogens is 2. The minimum Gasteiger partial charge on any atom is -0.367 e. The Morgan fingerprint density at radius 2 is 2.04 bits per heavy atom. The molecule has 4 rings (SSSR count). The van der Waals surface area contributed by atoms with E-state index in [1.165, 1.54) is 41.5 Å². The fourth-order valence-electron chi connectivity index (χ4n) is 4.42. The van der Waals surface area contributed by atoms with Crippen molar-refractivity contribution in [1.82, 2.24) is 14.9 Å². The normalized spacial score (nSPS) is 25.9. The third-order valence-electron chi connectivity index (χ3n) is 5.84. The van der Waals surface area contributed by atoms with Crippen molar-refractivity contribution in [2.24, 2.45) is 0 Å². The van der Waals surface area contributed by atoms with Crippen LogP contribution in [0.3, 0.4) is 0 Å². The second-order valence-corrected chi connectivity index (χ2v) is 8.64. The highest BCUT2D eigenvalue weighted by Gasteiger charge is 2.30. The van der Waals surface area contributed by atoms with Crippen LogP contribution in [0.2, 0.25) is 0 Å². The van der Waals surface area contributed by atoms with Gasteiger partial charge in [0.25, 0.3) is 0 Å². The van der Waals surface area contributed by atoms with E-state index >= 15 is 0 Å². The Kier molecular flexibility index (Phi) is 4.61. The van der Waals surface area contributed by atoms with Gasteiger partial charge in [0.1, 0.15) is 17.0 Å². The highest BCUT2D eigenvalue weighted by molar-refractivity contribution is 7.19. The molecule has 1 atom stereocenters. The predicted octanol–water partition coefficient (Wildman–Crippen LogP) is 3.92. The lowest BCUT2D eigenvalue weighted by atomic mass is 9.90. The number of hydrogen-bond donors (Lipinski definition) is 1. The van der Waals surface area contributed by atoms with Crippen molar-refractivity contribution in [3.05, 3.63) is 16.8 Å². The molecular formula is C19H25N5S. The second kappa shape index (κ2) is 6.89. The Labute approximate surface area is 153 Å². The van der Waals surface area contributed by atoms with Gasteiger partial charge in [0.05, 0.1) is 11.5 Å². The van der Waals surface area contributed by atoms with Crippen molar-refractivity contribution in [3.63, 3.8) is 0 Å². The van der Waals surface area contributed by atoms with Gasteiger partial charge in [-0.25, -0.2) is 9.97 Å². The van der Waals surface area contributed by atoms with Crippen molar-refractivity contribution in [1.29, 1.82) is 5.26 Å². The number of nitrogens with one attached hydrogen (secondary N) is 1. The number of thiophene rings is 1. The number of rotatable bonds is 4. The highest BCUT2D eigenvalue weighted by Crippen LogP contribution is 2.46. The lowest BCUT2D eigenvalue weighted by Crippen LogP contribution is -2.36. The molecule has 2 aromatic rings. The number of anilines is 1. The lowest BCUT2D eigenvalue weighted by Gasteiger charge is -2.33. The van der Waals surface area contributed by atoms with E-state index < -0.39 is 0 Å². The molecule has 6 heteroatoms. The molecule has 0 aliphatic heterocycles. The van der Waals surface area contributed by atoms with Crippen LogP contribution in [0.1, 0.15) is 54.9 Å². The molecular weight excluding hydrogens is 330 g/mol. The maximum Gasteiger partial charge on any atom is 0.138 e. The van der Waals surface area contributed by atoms with Gasteiger partial charge in [0.2, 0.25) is 0 Å². The highest BCUT2D eigenvalue weighted by atomic mass is 32.1. The summed E-state index contributed by atoms with van der Waals surface area (Å²) in [5.74, 6) is 1.34. The van der Waals surface area contributed by atoms with E-state index in [1.54, 1.807) is 17.7 Å². The molecule has 25 heavy (non-hydrogen) atoms. The number of hydrogen-bond acceptors (Lipinski definition) is 6. The van der Waals surface area contributed by atoms with Crippen LogP contribution in [0.5, 0.6) is 0 Å². The number of nitrogens with zero attached hydrogens (tertiary/aromatic N) is 4. The molecule has 1 unspecified atom stereocenters. The summed E-state index contributed by atoms with van der Waals surface area (Å²) in [5.41, 5.74) is 1.35. The Hall–Kier alpha value is -1.71. The third-order valence-corrected chi connectivity index (χ3v) is 7.01. The van der Waals surface area contributed by atoms with Crippen molar-refractivity contribution in [3.8, 4) is 6.07 Å². The Morgan fingerprint density at radius 3 is 2.76 bits per heavy atom. The Morgan fingerprint density at radius 1 is 1.24 bits per heavy atom. The topological polar surface area (TPSA) is 64.8 Å². The molecule has 1 N–H and O–H groups in total. The molecule has 0 spiro atoms. The smallest absolute Gasteiger partial charge is 0.138 e. The summed E-state index contributed by atoms with van der Waals surface area (Å²) in [6, 6.07) is 3.55. The molecule has 2 heterocycles. The van der Waals surface area contributed by atoms with Gasteiger partial charge in [-0.05, 0) is 64.1 Å². The average molecular weight is 356 g/mol. The predicted molar refractivity (Wildman–Crippen MR) is 102 cm³/mol. The fourth-order valence-corrected chi connectivity index (χ4v) is 5.66. The summed E-state index contributed by atoms with van der Waals surface area (Å²) in [6.45, 7) is 0. The van der Waals surface area contributed by atoms with E-state index in [4.69, 9.17) is 5.26 Å². The summed E-state index contributed by atoms with van der Waals surface area (Å²) >= 11 is 1.79. The standard InChI is InChI=1S/C19H25N5S/c1-24(2)14-6-4-13(5-7-14)23-18-17-16-12(9-10-20)3-8-15(16)25-19(17)22-11-21-18/h11-14H,3-9H2,1-2H3,(H,21,22,23)/t12?,13-,14-. The Bertz CT molecular complexity index is 798. The second-order valence-electron chi connectivity index (χ2n) is 7.55. The van der Waals surface area contributed by atoms with Crippen molar-refractivity contribution in [2.75, 3.05) is 19.4 Å². The van der Waals surface area contributed by atoms with Crippen LogP contribution in [0, 0.1) is 11.3 Å². The summed E-state index contributed by atoms with van der Waals surface area (Å²) in [7, 11) is 4.35. The first-order valence-corrected chi connectivity index (χ1v) is 10.0. The van der Waals surface area contributed by atoms with Gasteiger partial charge in [-0.1, -0.05) is 0 Å². The zero-order valence-corrected chi connectivity index (χ0v) is 15.8. The summed E-state index contributed by atoms with van der Waals surface area (Å²) < 4.78 is 0. The van der Waals surface area contributed by atoms with Gasteiger partial charge in [0, 0.05) is 23.4 Å². The maximum atomic E-state index is 9.16. The zero-order chi connectivity index (χ0) is 17.4. The molecule has 2 aliphatic rings. The molecule has 0 saturated heterocycles. The molecule has 0 aromatic carbocycles. The van der Waals surface area contributed by atoms with Crippen LogP contribution in [0.4, 0.5) is 5.82 Å². The quantitative estimate of drug-likeness (QED) is 0.900. The maximum absolute atomic E-state index is 9.16. The van der Waals surface area contributed by atoms with E-state index in [0.29, 0.717) is 24.4 Å². The number of aryl methyl sites for hydroxylation is 1. The van der Waals surface area contributed by atoms with Crippen molar-refractivity contribution >= 4 is 27.4 Å². The monoisotopic (exact) mass is 355 g/mol. The summed E-state index contributed by atoms with van der Waals surface area (Å²) in [4.78, 5) is 13.9. The van der Waals surface area contributed by atoms with E-state index in [-0.39, 0.29) is 0 Å². The minimum absolute atomic E-state index is 0.352. The molecule has 0 radical (unpaired) electrons. The molecule has 1 saturated carbocycles. The first-order valence-electron chi connectivity index (χ1n) is 9.23. The fraction of sp³-hybridized carbons (Fsp3) is 0.632. The molecule has 2 aromatic heterocycles.